The maximum atomic E-state index is 5.54. The van der Waals surface area contributed by atoms with Gasteiger partial charge in [0.25, 0.3) is 0 Å². The summed E-state index contributed by atoms with van der Waals surface area (Å²) >= 11 is 0. The van der Waals surface area contributed by atoms with Gasteiger partial charge in [-0.15, -0.1) is 24.0 Å². The van der Waals surface area contributed by atoms with Crippen molar-refractivity contribution in [3.63, 3.8) is 0 Å². The first-order chi connectivity index (χ1) is 10.1. The fourth-order valence-corrected chi connectivity index (χ4v) is 1.62. The number of guanidine groups is 1. The van der Waals surface area contributed by atoms with E-state index in [2.05, 4.69) is 43.3 Å². The number of aliphatic imine (C=N–C) groups is 1. The van der Waals surface area contributed by atoms with Crippen LogP contribution in [0.2, 0.25) is 0 Å². The van der Waals surface area contributed by atoms with Crippen LogP contribution in [-0.2, 0) is 9.47 Å². The summed E-state index contributed by atoms with van der Waals surface area (Å²) < 4.78 is 11.1. The third-order valence-corrected chi connectivity index (χ3v) is 2.64. The molecule has 0 aromatic carbocycles. The lowest BCUT2D eigenvalue weighted by Gasteiger charge is -2.12. The molecule has 0 spiro atoms. The Morgan fingerprint density at radius 1 is 0.864 bits per heavy atom. The molecule has 0 aromatic heterocycles. The van der Waals surface area contributed by atoms with Crippen molar-refractivity contribution in [1.29, 1.82) is 0 Å². The molecular weight excluding hydrogens is 393 g/mol. The molecule has 2 N–H and O–H groups in total. The normalized spacial score (nSPS) is 10.5. The number of nitrogens with one attached hydrogen (secondary N) is 2. The predicted octanol–water partition coefficient (Wildman–Crippen LogP) is 2.89. The van der Waals surface area contributed by atoms with E-state index in [9.17, 15) is 0 Å². The molecule has 0 aliphatic heterocycles. The minimum atomic E-state index is 0. The summed E-state index contributed by atoms with van der Waals surface area (Å²) in [6, 6.07) is 0. The molecule has 0 fully saturated rings. The van der Waals surface area contributed by atoms with Gasteiger partial charge in [-0.25, -0.2) is 0 Å². The molecule has 0 saturated carbocycles. The van der Waals surface area contributed by atoms with E-state index in [4.69, 9.17) is 9.47 Å². The molecule has 6 heteroatoms. The average molecular weight is 429 g/mol. The van der Waals surface area contributed by atoms with Gasteiger partial charge < -0.3 is 20.1 Å². The topological polar surface area (TPSA) is 54.9 Å². The van der Waals surface area contributed by atoms with Crippen molar-refractivity contribution in [2.75, 3.05) is 46.6 Å². The van der Waals surface area contributed by atoms with E-state index < -0.39 is 0 Å². The molecular formula is C16H36IN3O2. The van der Waals surface area contributed by atoms with Gasteiger partial charge in [-0.1, -0.05) is 27.7 Å². The van der Waals surface area contributed by atoms with Crippen molar-refractivity contribution < 1.29 is 9.47 Å². The van der Waals surface area contributed by atoms with E-state index in [1.54, 1.807) is 7.05 Å². The van der Waals surface area contributed by atoms with Gasteiger partial charge in [0, 0.05) is 46.6 Å². The first-order valence-corrected chi connectivity index (χ1v) is 8.16. The zero-order valence-electron chi connectivity index (χ0n) is 15.0. The minimum Gasteiger partial charge on any atom is -0.381 e. The molecule has 22 heavy (non-hydrogen) atoms. The van der Waals surface area contributed by atoms with Gasteiger partial charge in [0.15, 0.2) is 5.96 Å². The van der Waals surface area contributed by atoms with Gasteiger partial charge >= 0.3 is 0 Å². The third-order valence-electron chi connectivity index (χ3n) is 2.64. The first-order valence-electron chi connectivity index (χ1n) is 8.16. The van der Waals surface area contributed by atoms with Crippen molar-refractivity contribution in [2.45, 2.75) is 40.5 Å². The van der Waals surface area contributed by atoms with Gasteiger partial charge in [0.05, 0.1) is 0 Å². The van der Waals surface area contributed by atoms with Gasteiger partial charge in [-0.05, 0) is 24.7 Å². The van der Waals surface area contributed by atoms with Crippen molar-refractivity contribution in [1.82, 2.24) is 10.6 Å². The van der Waals surface area contributed by atoms with Gasteiger partial charge in [0.2, 0.25) is 0 Å². The van der Waals surface area contributed by atoms with Crippen molar-refractivity contribution >= 4 is 29.9 Å². The summed E-state index contributed by atoms with van der Waals surface area (Å²) in [5.41, 5.74) is 0. The summed E-state index contributed by atoms with van der Waals surface area (Å²) in [6.07, 6.45) is 1.98. The van der Waals surface area contributed by atoms with Crippen LogP contribution < -0.4 is 10.6 Å². The van der Waals surface area contributed by atoms with Crippen molar-refractivity contribution in [3.05, 3.63) is 0 Å². The lowest BCUT2D eigenvalue weighted by Crippen LogP contribution is -2.38. The predicted molar refractivity (Wildman–Crippen MR) is 105 cm³/mol. The summed E-state index contributed by atoms with van der Waals surface area (Å²) in [6.45, 7) is 13.7. The Balaban J connectivity index is 0. The van der Waals surface area contributed by atoms with Crippen LogP contribution in [0.4, 0.5) is 0 Å². The second kappa shape index (κ2) is 17.3. The minimum absolute atomic E-state index is 0. The molecule has 0 radical (unpaired) electrons. The quantitative estimate of drug-likeness (QED) is 0.217. The second-order valence-electron chi connectivity index (χ2n) is 6.07. The fourth-order valence-electron chi connectivity index (χ4n) is 1.62. The van der Waals surface area contributed by atoms with E-state index in [0.717, 1.165) is 58.3 Å². The molecule has 0 rings (SSSR count). The van der Waals surface area contributed by atoms with Crippen LogP contribution in [0, 0.1) is 11.8 Å². The lowest BCUT2D eigenvalue weighted by molar-refractivity contribution is 0.108. The van der Waals surface area contributed by atoms with E-state index >= 15 is 0 Å². The monoisotopic (exact) mass is 429 g/mol. The Morgan fingerprint density at radius 2 is 1.27 bits per heavy atom. The summed E-state index contributed by atoms with van der Waals surface area (Å²) in [5.74, 6) is 2.05. The van der Waals surface area contributed by atoms with Gasteiger partial charge in [-0.3, -0.25) is 4.99 Å². The average Bonchev–Trinajstić information content (AvgIpc) is 2.43. The van der Waals surface area contributed by atoms with Crippen molar-refractivity contribution in [3.8, 4) is 0 Å². The van der Waals surface area contributed by atoms with Crippen LogP contribution in [0.5, 0.6) is 0 Å². The fraction of sp³-hybridized carbons (Fsp3) is 0.938. The van der Waals surface area contributed by atoms with Crippen LogP contribution in [0.25, 0.3) is 0 Å². The Kier molecular flexibility index (Phi) is 19.0. The molecule has 0 amide bonds. The van der Waals surface area contributed by atoms with Crippen LogP contribution in [0.15, 0.2) is 4.99 Å². The number of rotatable bonds is 12. The lowest BCUT2D eigenvalue weighted by atomic mass is 10.2. The summed E-state index contributed by atoms with van der Waals surface area (Å²) in [5, 5.41) is 6.57. The van der Waals surface area contributed by atoms with Crippen molar-refractivity contribution in [2.24, 2.45) is 16.8 Å². The Labute approximate surface area is 154 Å². The van der Waals surface area contributed by atoms with E-state index in [-0.39, 0.29) is 24.0 Å². The molecule has 5 nitrogen and oxygen atoms in total. The van der Waals surface area contributed by atoms with Crippen LogP contribution in [0.1, 0.15) is 40.5 Å². The van der Waals surface area contributed by atoms with Crippen LogP contribution >= 0.6 is 24.0 Å². The zero-order chi connectivity index (χ0) is 15.9. The molecule has 134 valence electrons. The molecule has 0 aromatic rings. The molecule has 0 saturated heterocycles. The summed E-state index contributed by atoms with van der Waals surface area (Å²) in [4.78, 5) is 4.19. The Hall–Kier alpha value is -0.0800. The number of halogens is 1. The van der Waals surface area contributed by atoms with E-state index in [1.165, 1.54) is 0 Å². The van der Waals surface area contributed by atoms with Gasteiger partial charge in [-0.2, -0.15) is 0 Å². The standard InChI is InChI=1S/C16H35N3O2.HI/c1-14(2)12-20-10-6-8-18-16(17-5)19-9-7-11-21-13-15(3)4;/h14-15H,6-13H2,1-5H3,(H2,17,18,19);1H. The summed E-state index contributed by atoms with van der Waals surface area (Å²) in [7, 11) is 1.79. The largest absolute Gasteiger partial charge is 0.381 e. The van der Waals surface area contributed by atoms with Crippen LogP contribution in [-0.4, -0.2) is 52.5 Å². The molecule has 0 unspecified atom stereocenters. The highest BCUT2D eigenvalue weighted by Crippen LogP contribution is 1.93. The second-order valence-corrected chi connectivity index (χ2v) is 6.07. The Morgan fingerprint density at radius 3 is 1.59 bits per heavy atom. The van der Waals surface area contributed by atoms with E-state index in [1.807, 2.05) is 0 Å². The first kappa shape index (κ1) is 24.2. The molecule has 0 atom stereocenters. The number of hydrogen-bond acceptors (Lipinski definition) is 3. The third kappa shape index (κ3) is 18.0. The van der Waals surface area contributed by atoms with Gasteiger partial charge in [0.1, 0.15) is 0 Å². The SMILES string of the molecule is CN=C(NCCCOCC(C)C)NCCCOCC(C)C.I. The maximum Gasteiger partial charge on any atom is 0.190 e. The number of hydrogen-bond donors (Lipinski definition) is 2. The molecule has 0 bridgehead atoms. The number of ether oxygens (including phenoxy) is 2. The highest BCUT2D eigenvalue weighted by molar-refractivity contribution is 14.0. The number of nitrogens with zero attached hydrogens (tertiary/aromatic N) is 1. The molecule has 0 aliphatic rings. The van der Waals surface area contributed by atoms with Crippen LogP contribution in [0.3, 0.4) is 0 Å². The molecule has 0 heterocycles. The Bertz CT molecular complexity index is 240. The highest BCUT2D eigenvalue weighted by Gasteiger charge is 1.98. The maximum absolute atomic E-state index is 5.54. The molecule has 0 aliphatic carbocycles. The zero-order valence-corrected chi connectivity index (χ0v) is 17.3. The van der Waals surface area contributed by atoms with E-state index in [0.29, 0.717) is 11.8 Å². The smallest absolute Gasteiger partial charge is 0.190 e. The highest BCUT2D eigenvalue weighted by atomic mass is 127.